The number of nitrogens with zero attached hydrogens (tertiary/aromatic N) is 2. The number of aromatic nitrogens is 1. The highest BCUT2D eigenvalue weighted by Gasteiger charge is 2.29. The Hall–Kier alpha value is -2.40. The molecule has 1 fully saturated rings. The molecule has 1 unspecified atom stereocenters. The number of hydrogen-bond acceptors (Lipinski definition) is 3. The third-order valence-electron chi connectivity index (χ3n) is 5.05. The van der Waals surface area contributed by atoms with Crippen molar-refractivity contribution in [2.24, 2.45) is 13.0 Å². The zero-order chi connectivity index (χ0) is 18.0. The third kappa shape index (κ3) is 3.66. The first kappa shape index (κ1) is 17.4. The maximum Gasteiger partial charge on any atom is 0.270 e. The Morgan fingerprint density at radius 2 is 1.80 bits per heavy atom. The van der Waals surface area contributed by atoms with Gasteiger partial charge in [0, 0.05) is 31.9 Å². The summed E-state index contributed by atoms with van der Waals surface area (Å²) in [6.07, 6.45) is 2.75. The predicted octanol–water partition coefficient (Wildman–Crippen LogP) is 2.81. The summed E-state index contributed by atoms with van der Waals surface area (Å²) < 4.78 is 1.71. The first-order valence-corrected chi connectivity index (χ1v) is 8.67. The molecule has 1 N–H and O–H groups in total. The standard InChI is InChI=1S/C20H24N2O3/c1-14(23)17-12-18(21(2)13-17)20(25)22-10-8-16(9-11-22)19(24)15-6-4-3-5-7-15/h3-7,12-13,16,19,24H,8-11H2,1-2H3. The number of Topliss-reactive ketones (excluding diaryl/α,β-unsaturated/α-hetero) is 1. The van der Waals surface area contributed by atoms with Gasteiger partial charge in [-0.1, -0.05) is 30.3 Å². The Morgan fingerprint density at radius 3 is 2.36 bits per heavy atom. The minimum Gasteiger partial charge on any atom is -0.388 e. The summed E-state index contributed by atoms with van der Waals surface area (Å²) in [5, 5.41) is 10.6. The molecule has 5 heteroatoms. The summed E-state index contributed by atoms with van der Waals surface area (Å²) in [7, 11) is 1.78. The summed E-state index contributed by atoms with van der Waals surface area (Å²) >= 11 is 0. The molecule has 0 saturated carbocycles. The Labute approximate surface area is 147 Å². The number of carbonyl (C=O) groups is 2. The summed E-state index contributed by atoms with van der Waals surface area (Å²) in [6, 6.07) is 11.3. The minimum atomic E-state index is -0.488. The number of amides is 1. The minimum absolute atomic E-state index is 0.0423. The molecule has 1 saturated heterocycles. The second-order valence-electron chi connectivity index (χ2n) is 6.77. The van der Waals surface area contributed by atoms with Gasteiger partial charge in [-0.3, -0.25) is 9.59 Å². The molecule has 0 spiro atoms. The Morgan fingerprint density at radius 1 is 1.16 bits per heavy atom. The largest absolute Gasteiger partial charge is 0.388 e. The van der Waals surface area contributed by atoms with Gasteiger partial charge in [0.2, 0.25) is 0 Å². The topological polar surface area (TPSA) is 62.5 Å². The van der Waals surface area contributed by atoms with Crippen LogP contribution in [0.3, 0.4) is 0 Å². The molecule has 1 atom stereocenters. The molecule has 1 aromatic carbocycles. The van der Waals surface area contributed by atoms with Crippen molar-refractivity contribution in [3.05, 3.63) is 59.4 Å². The van der Waals surface area contributed by atoms with Crippen molar-refractivity contribution in [1.29, 1.82) is 0 Å². The zero-order valence-electron chi connectivity index (χ0n) is 14.7. The van der Waals surface area contributed by atoms with Crippen LogP contribution in [0.25, 0.3) is 0 Å². The van der Waals surface area contributed by atoms with Crippen LogP contribution in [-0.4, -0.2) is 39.4 Å². The lowest BCUT2D eigenvalue weighted by atomic mass is 9.87. The number of likely N-dealkylation sites (tertiary alicyclic amines) is 1. The fourth-order valence-corrected chi connectivity index (χ4v) is 3.47. The van der Waals surface area contributed by atoms with Gasteiger partial charge in [-0.05, 0) is 37.3 Å². The zero-order valence-corrected chi connectivity index (χ0v) is 14.7. The van der Waals surface area contributed by atoms with Gasteiger partial charge in [0.05, 0.1) is 6.10 Å². The Balaban J connectivity index is 1.64. The lowest BCUT2D eigenvalue weighted by molar-refractivity contribution is 0.0456. The predicted molar refractivity (Wildman–Crippen MR) is 95.4 cm³/mol. The first-order valence-electron chi connectivity index (χ1n) is 8.67. The monoisotopic (exact) mass is 340 g/mol. The molecule has 1 amide bonds. The van der Waals surface area contributed by atoms with Crippen LogP contribution >= 0.6 is 0 Å². The van der Waals surface area contributed by atoms with Crippen molar-refractivity contribution >= 4 is 11.7 Å². The highest BCUT2D eigenvalue weighted by molar-refractivity contribution is 5.99. The number of carbonyl (C=O) groups excluding carboxylic acids is 2. The number of rotatable bonds is 4. The number of piperidine rings is 1. The average molecular weight is 340 g/mol. The molecule has 5 nitrogen and oxygen atoms in total. The third-order valence-corrected chi connectivity index (χ3v) is 5.05. The van der Waals surface area contributed by atoms with Gasteiger partial charge in [-0.25, -0.2) is 0 Å². The van der Waals surface area contributed by atoms with Crippen molar-refractivity contribution < 1.29 is 14.7 Å². The van der Waals surface area contributed by atoms with E-state index in [0.717, 1.165) is 18.4 Å². The van der Waals surface area contributed by atoms with Gasteiger partial charge in [0.1, 0.15) is 5.69 Å². The molecular formula is C20H24N2O3. The summed E-state index contributed by atoms with van der Waals surface area (Å²) in [5.41, 5.74) is 2.02. The van der Waals surface area contributed by atoms with Gasteiger partial charge < -0.3 is 14.6 Å². The van der Waals surface area contributed by atoms with Crippen molar-refractivity contribution in [3.63, 3.8) is 0 Å². The molecule has 1 aliphatic rings. The van der Waals surface area contributed by atoms with Crippen LogP contribution in [-0.2, 0) is 7.05 Å². The van der Waals surface area contributed by atoms with E-state index in [1.807, 2.05) is 35.2 Å². The highest BCUT2D eigenvalue weighted by atomic mass is 16.3. The number of aliphatic hydroxyl groups excluding tert-OH is 1. The normalized spacial score (nSPS) is 16.7. The van der Waals surface area contributed by atoms with E-state index >= 15 is 0 Å². The molecule has 0 bridgehead atoms. The molecule has 2 aromatic rings. The first-order chi connectivity index (χ1) is 12.0. The van der Waals surface area contributed by atoms with Crippen molar-refractivity contribution in [2.75, 3.05) is 13.1 Å². The van der Waals surface area contributed by atoms with E-state index in [2.05, 4.69) is 0 Å². The average Bonchev–Trinajstić information content (AvgIpc) is 3.03. The van der Waals surface area contributed by atoms with Crippen LogP contribution in [0.1, 0.15) is 52.3 Å². The molecule has 2 heterocycles. The smallest absolute Gasteiger partial charge is 0.270 e. The quantitative estimate of drug-likeness (QED) is 0.871. The van der Waals surface area contributed by atoms with E-state index in [1.165, 1.54) is 6.92 Å². The van der Waals surface area contributed by atoms with Crippen LogP contribution in [0, 0.1) is 5.92 Å². The van der Waals surface area contributed by atoms with E-state index in [9.17, 15) is 14.7 Å². The maximum absolute atomic E-state index is 12.7. The second-order valence-corrected chi connectivity index (χ2v) is 6.77. The number of aryl methyl sites for hydroxylation is 1. The molecule has 3 rings (SSSR count). The van der Waals surface area contributed by atoms with Crippen molar-refractivity contribution in [2.45, 2.75) is 25.9 Å². The summed E-state index contributed by atoms with van der Waals surface area (Å²) in [5.74, 6) is 0.0645. The SMILES string of the molecule is CC(=O)c1cc(C(=O)N2CCC(C(O)c3ccccc3)CC2)n(C)c1. The molecule has 25 heavy (non-hydrogen) atoms. The van der Waals surface area contributed by atoms with Crippen LogP contribution in [0.4, 0.5) is 0 Å². The van der Waals surface area contributed by atoms with Crippen molar-refractivity contribution in [3.8, 4) is 0 Å². The number of ketones is 1. The van der Waals surface area contributed by atoms with Crippen LogP contribution in [0.2, 0.25) is 0 Å². The number of benzene rings is 1. The number of aliphatic hydroxyl groups is 1. The van der Waals surface area contributed by atoms with E-state index in [4.69, 9.17) is 0 Å². The van der Waals surface area contributed by atoms with Crippen molar-refractivity contribution in [1.82, 2.24) is 9.47 Å². The summed E-state index contributed by atoms with van der Waals surface area (Å²) in [6.45, 7) is 2.74. The lowest BCUT2D eigenvalue weighted by Gasteiger charge is -2.34. The fraction of sp³-hybridized carbons (Fsp3) is 0.400. The molecular weight excluding hydrogens is 316 g/mol. The Kier molecular flexibility index (Phi) is 5.04. The Bertz CT molecular complexity index is 759. The summed E-state index contributed by atoms with van der Waals surface area (Å²) in [4.78, 5) is 26.0. The second kappa shape index (κ2) is 7.23. The van der Waals surface area contributed by atoms with Crippen LogP contribution in [0.5, 0.6) is 0 Å². The molecule has 1 aliphatic heterocycles. The van der Waals surface area contributed by atoms with Gasteiger partial charge in [0.15, 0.2) is 5.78 Å². The molecule has 1 aromatic heterocycles. The van der Waals surface area contributed by atoms with E-state index in [0.29, 0.717) is 24.3 Å². The van der Waals surface area contributed by atoms with Gasteiger partial charge in [-0.15, -0.1) is 0 Å². The van der Waals surface area contributed by atoms with Gasteiger partial charge in [0.25, 0.3) is 5.91 Å². The fourth-order valence-electron chi connectivity index (χ4n) is 3.47. The van der Waals surface area contributed by atoms with Gasteiger partial charge in [-0.2, -0.15) is 0 Å². The number of hydrogen-bond donors (Lipinski definition) is 1. The van der Waals surface area contributed by atoms with Gasteiger partial charge >= 0.3 is 0 Å². The molecule has 0 aliphatic carbocycles. The molecule has 132 valence electrons. The van der Waals surface area contributed by atoms with E-state index in [1.54, 1.807) is 23.9 Å². The van der Waals surface area contributed by atoms with E-state index < -0.39 is 6.10 Å². The lowest BCUT2D eigenvalue weighted by Crippen LogP contribution is -2.40. The molecule has 0 radical (unpaired) electrons. The van der Waals surface area contributed by atoms with Crippen LogP contribution in [0.15, 0.2) is 42.6 Å². The van der Waals surface area contributed by atoms with Crippen LogP contribution < -0.4 is 0 Å². The maximum atomic E-state index is 12.7. The van der Waals surface area contributed by atoms with E-state index in [-0.39, 0.29) is 17.6 Å². The highest BCUT2D eigenvalue weighted by Crippen LogP contribution is 2.31.